The van der Waals surface area contributed by atoms with E-state index in [0.29, 0.717) is 19.4 Å². The fourth-order valence-corrected chi connectivity index (χ4v) is 2.09. The van der Waals surface area contributed by atoms with Gasteiger partial charge in [0.15, 0.2) is 0 Å². The summed E-state index contributed by atoms with van der Waals surface area (Å²) in [7, 11) is 0. The third kappa shape index (κ3) is 4.62. The molecule has 7 heteroatoms. The lowest BCUT2D eigenvalue weighted by molar-refractivity contribution is -0.122. The van der Waals surface area contributed by atoms with Crippen LogP contribution in [0.3, 0.4) is 0 Å². The van der Waals surface area contributed by atoms with Crippen LogP contribution < -0.4 is 5.32 Å². The molecule has 2 aromatic rings. The highest BCUT2D eigenvalue weighted by molar-refractivity contribution is 5.76. The van der Waals surface area contributed by atoms with E-state index in [9.17, 15) is 4.79 Å². The van der Waals surface area contributed by atoms with E-state index in [2.05, 4.69) is 25.8 Å². The molecule has 0 spiro atoms. The average molecular weight is 288 g/mol. The Kier molecular flexibility index (Phi) is 5.36. The summed E-state index contributed by atoms with van der Waals surface area (Å²) in [6.45, 7) is 4.63. The summed E-state index contributed by atoms with van der Waals surface area (Å²) in [5.41, 5.74) is 1.87. The minimum Gasteiger partial charge on any atom is -0.348 e. The van der Waals surface area contributed by atoms with Crippen LogP contribution in [-0.2, 0) is 11.3 Å². The quantitative estimate of drug-likeness (QED) is 0.833. The van der Waals surface area contributed by atoms with Crippen molar-refractivity contribution in [2.75, 3.05) is 0 Å². The summed E-state index contributed by atoms with van der Waals surface area (Å²) < 4.78 is 1.62. The predicted molar refractivity (Wildman–Crippen MR) is 77.2 cm³/mol. The molecule has 0 radical (unpaired) electrons. The number of rotatable bonds is 7. The van der Waals surface area contributed by atoms with E-state index < -0.39 is 0 Å². The van der Waals surface area contributed by atoms with Gasteiger partial charge in [-0.3, -0.25) is 9.78 Å². The average Bonchev–Trinajstić information content (AvgIpc) is 2.98. The second kappa shape index (κ2) is 7.47. The number of amides is 1. The van der Waals surface area contributed by atoms with Gasteiger partial charge in [0, 0.05) is 18.7 Å². The zero-order valence-corrected chi connectivity index (χ0v) is 12.4. The van der Waals surface area contributed by atoms with Crippen LogP contribution in [0, 0.1) is 6.92 Å². The molecular weight excluding hydrogens is 268 g/mol. The van der Waals surface area contributed by atoms with Crippen molar-refractivity contribution < 1.29 is 4.79 Å². The first-order valence-corrected chi connectivity index (χ1v) is 7.12. The topological polar surface area (TPSA) is 85.6 Å². The molecule has 0 aliphatic carbocycles. The largest absolute Gasteiger partial charge is 0.348 e. The summed E-state index contributed by atoms with van der Waals surface area (Å²) in [5.74, 6) is 0.0261. The highest BCUT2D eigenvalue weighted by Gasteiger charge is 2.13. The monoisotopic (exact) mass is 288 g/mol. The molecule has 21 heavy (non-hydrogen) atoms. The number of aryl methyl sites for hydroxylation is 2. The molecule has 112 valence electrons. The number of nitrogens with one attached hydrogen (secondary N) is 1. The molecule has 2 aromatic heterocycles. The number of hydrogen-bond donors (Lipinski definition) is 1. The Bertz CT molecular complexity index is 569. The van der Waals surface area contributed by atoms with Crippen LogP contribution in [0.4, 0.5) is 0 Å². The lowest BCUT2D eigenvalue weighted by Crippen LogP contribution is -2.28. The van der Waals surface area contributed by atoms with Crippen LogP contribution in [0.1, 0.15) is 43.6 Å². The maximum Gasteiger partial charge on any atom is 0.220 e. The van der Waals surface area contributed by atoms with Crippen molar-refractivity contribution in [2.45, 2.75) is 45.7 Å². The fourth-order valence-electron chi connectivity index (χ4n) is 2.09. The van der Waals surface area contributed by atoms with Gasteiger partial charge >= 0.3 is 0 Å². The predicted octanol–water partition coefficient (Wildman–Crippen LogP) is 1.42. The molecular formula is C14H20N6O. The van der Waals surface area contributed by atoms with E-state index in [0.717, 1.165) is 17.8 Å². The molecule has 0 aliphatic rings. The van der Waals surface area contributed by atoms with Gasteiger partial charge in [0.05, 0.1) is 11.7 Å². The van der Waals surface area contributed by atoms with Gasteiger partial charge in [-0.05, 0) is 42.3 Å². The Hall–Kier alpha value is -2.31. The van der Waals surface area contributed by atoms with E-state index in [1.165, 1.54) is 0 Å². The number of carbonyl (C=O) groups is 1. The van der Waals surface area contributed by atoms with Gasteiger partial charge in [-0.25, -0.2) is 4.68 Å². The molecule has 1 amide bonds. The van der Waals surface area contributed by atoms with E-state index in [1.807, 2.05) is 32.0 Å². The molecule has 0 saturated heterocycles. The van der Waals surface area contributed by atoms with Gasteiger partial charge in [0.1, 0.15) is 6.33 Å². The maximum absolute atomic E-state index is 12.0. The first kappa shape index (κ1) is 15.1. The Morgan fingerprint density at radius 2 is 2.29 bits per heavy atom. The fraction of sp³-hybridized carbons (Fsp3) is 0.500. The molecule has 0 aromatic carbocycles. The standard InChI is InChI=1S/C14H20N6O/c1-3-12(13-7-4-6-11(2)16-13)17-14(21)8-5-9-20-10-15-18-19-20/h4,6-7,10,12H,3,5,8-9H2,1-2H3,(H,17,21). The number of tetrazole rings is 1. The van der Waals surface area contributed by atoms with Crippen LogP contribution in [0.25, 0.3) is 0 Å². The highest BCUT2D eigenvalue weighted by atomic mass is 16.1. The van der Waals surface area contributed by atoms with E-state index in [-0.39, 0.29) is 11.9 Å². The summed E-state index contributed by atoms with van der Waals surface area (Å²) in [4.78, 5) is 16.5. The zero-order chi connectivity index (χ0) is 15.1. The molecule has 0 fully saturated rings. The van der Waals surface area contributed by atoms with Gasteiger partial charge in [0.2, 0.25) is 5.91 Å². The van der Waals surface area contributed by atoms with E-state index in [1.54, 1.807) is 11.0 Å². The number of pyridine rings is 1. The van der Waals surface area contributed by atoms with Crippen molar-refractivity contribution in [2.24, 2.45) is 0 Å². The normalized spacial score (nSPS) is 12.1. The van der Waals surface area contributed by atoms with Crippen molar-refractivity contribution in [3.8, 4) is 0 Å². The zero-order valence-electron chi connectivity index (χ0n) is 12.4. The molecule has 1 N–H and O–H groups in total. The van der Waals surface area contributed by atoms with Gasteiger partial charge in [-0.15, -0.1) is 5.10 Å². The minimum atomic E-state index is -0.0366. The van der Waals surface area contributed by atoms with Crippen molar-refractivity contribution in [3.63, 3.8) is 0 Å². The molecule has 0 saturated carbocycles. The van der Waals surface area contributed by atoms with Crippen molar-refractivity contribution >= 4 is 5.91 Å². The van der Waals surface area contributed by atoms with Gasteiger partial charge < -0.3 is 5.32 Å². The Balaban J connectivity index is 1.82. The first-order chi connectivity index (χ1) is 10.2. The Morgan fingerprint density at radius 3 is 2.95 bits per heavy atom. The number of aromatic nitrogens is 5. The van der Waals surface area contributed by atoms with Crippen molar-refractivity contribution in [1.29, 1.82) is 0 Å². The number of nitrogens with zero attached hydrogens (tertiary/aromatic N) is 5. The summed E-state index contributed by atoms with van der Waals surface area (Å²) in [6, 6.07) is 5.82. The first-order valence-electron chi connectivity index (χ1n) is 7.12. The molecule has 0 aliphatic heterocycles. The van der Waals surface area contributed by atoms with Gasteiger partial charge in [-0.1, -0.05) is 13.0 Å². The van der Waals surface area contributed by atoms with Crippen molar-refractivity contribution in [3.05, 3.63) is 35.9 Å². The number of hydrogen-bond acceptors (Lipinski definition) is 5. The SMILES string of the molecule is CCC(NC(=O)CCCn1cnnn1)c1cccc(C)n1. The van der Waals surface area contributed by atoms with Crippen LogP contribution >= 0.6 is 0 Å². The van der Waals surface area contributed by atoms with Crippen LogP contribution in [-0.4, -0.2) is 31.1 Å². The van der Waals surface area contributed by atoms with E-state index in [4.69, 9.17) is 0 Å². The van der Waals surface area contributed by atoms with Crippen LogP contribution in [0.15, 0.2) is 24.5 Å². The third-order valence-electron chi connectivity index (χ3n) is 3.19. The second-order valence-corrected chi connectivity index (χ2v) is 4.91. The number of carbonyl (C=O) groups excluding carboxylic acids is 1. The van der Waals surface area contributed by atoms with Crippen LogP contribution in [0.5, 0.6) is 0 Å². The third-order valence-corrected chi connectivity index (χ3v) is 3.19. The lowest BCUT2D eigenvalue weighted by Gasteiger charge is -2.17. The molecule has 1 unspecified atom stereocenters. The molecule has 2 heterocycles. The maximum atomic E-state index is 12.0. The molecule has 7 nitrogen and oxygen atoms in total. The smallest absolute Gasteiger partial charge is 0.220 e. The van der Waals surface area contributed by atoms with Crippen LogP contribution in [0.2, 0.25) is 0 Å². The van der Waals surface area contributed by atoms with Gasteiger partial charge in [0.25, 0.3) is 0 Å². The summed E-state index contributed by atoms with van der Waals surface area (Å²) in [6.07, 6.45) is 3.51. The lowest BCUT2D eigenvalue weighted by atomic mass is 10.1. The Labute approximate surface area is 123 Å². The highest BCUT2D eigenvalue weighted by Crippen LogP contribution is 2.14. The molecule has 1 atom stereocenters. The van der Waals surface area contributed by atoms with Crippen molar-refractivity contribution in [1.82, 2.24) is 30.5 Å². The van der Waals surface area contributed by atoms with E-state index >= 15 is 0 Å². The second-order valence-electron chi connectivity index (χ2n) is 4.91. The summed E-state index contributed by atoms with van der Waals surface area (Å²) in [5, 5.41) is 13.9. The Morgan fingerprint density at radius 1 is 1.43 bits per heavy atom. The molecule has 2 rings (SSSR count). The molecule has 0 bridgehead atoms. The minimum absolute atomic E-state index is 0.0261. The summed E-state index contributed by atoms with van der Waals surface area (Å²) >= 11 is 0. The van der Waals surface area contributed by atoms with Gasteiger partial charge in [-0.2, -0.15) is 0 Å².